The van der Waals surface area contributed by atoms with Gasteiger partial charge in [-0.3, -0.25) is 4.79 Å². The third kappa shape index (κ3) is 5.41. The van der Waals surface area contributed by atoms with Crippen molar-refractivity contribution in [2.45, 2.75) is 0 Å². The summed E-state index contributed by atoms with van der Waals surface area (Å²) in [5, 5.41) is 5.66. The van der Waals surface area contributed by atoms with Gasteiger partial charge in [-0.2, -0.15) is 0 Å². The van der Waals surface area contributed by atoms with Crippen molar-refractivity contribution in [3.8, 4) is 11.5 Å². The molecule has 0 bridgehead atoms. The fourth-order valence-electron chi connectivity index (χ4n) is 2.36. The lowest BCUT2D eigenvalue weighted by Gasteiger charge is -2.09. The monoisotopic (exact) mass is 382 g/mol. The third-order valence-electron chi connectivity index (χ3n) is 3.72. The van der Waals surface area contributed by atoms with Crippen LogP contribution in [0.15, 0.2) is 60.9 Å². The number of hydrogen-bond acceptors (Lipinski definition) is 6. The van der Waals surface area contributed by atoms with Gasteiger partial charge in [0, 0.05) is 11.8 Å². The van der Waals surface area contributed by atoms with Gasteiger partial charge in [0.05, 0.1) is 13.7 Å². The maximum atomic E-state index is 13.2. The van der Waals surface area contributed by atoms with E-state index in [4.69, 9.17) is 9.47 Å². The lowest BCUT2D eigenvalue weighted by atomic mass is 10.3. The van der Waals surface area contributed by atoms with Gasteiger partial charge < -0.3 is 20.1 Å². The second-order valence-electron chi connectivity index (χ2n) is 5.70. The smallest absolute Gasteiger partial charge is 0.274 e. The summed E-state index contributed by atoms with van der Waals surface area (Å²) in [4.78, 5) is 20.3. The lowest BCUT2D eigenvalue weighted by molar-refractivity contribution is 0.102. The summed E-state index contributed by atoms with van der Waals surface area (Å²) in [5.74, 6) is 1.08. The minimum atomic E-state index is -0.453. The first-order valence-electron chi connectivity index (χ1n) is 8.54. The Hall–Kier alpha value is -3.68. The average molecular weight is 382 g/mol. The Morgan fingerprint density at radius 2 is 1.86 bits per heavy atom. The van der Waals surface area contributed by atoms with Gasteiger partial charge in [-0.25, -0.2) is 14.4 Å². The summed E-state index contributed by atoms with van der Waals surface area (Å²) < 4.78 is 23.9. The molecule has 3 rings (SSSR count). The summed E-state index contributed by atoms with van der Waals surface area (Å²) in [6, 6.07) is 14.4. The molecule has 0 saturated carbocycles. The van der Waals surface area contributed by atoms with E-state index in [2.05, 4.69) is 20.6 Å². The Morgan fingerprint density at radius 3 is 2.61 bits per heavy atom. The first-order chi connectivity index (χ1) is 13.6. The highest BCUT2D eigenvalue weighted by molar-refractivity contribution is 6.03. The number of hydrogen-bond donors (Lipinski definition) is 2. The van der Waals surface area contributed by atoms with E-state index in [-0.39, 0.29) is 5.69 Å². The SMILES string of the molecule is COc1ccc(OCCNc2cc(C(=O)Nc3cccc(F)c3)ncn2)cc1. The Bertz CT molecular complexity index is 935. The highest BCUT2D eigenvalue weighted by Crippen LogP contribution is 2.17. The standard InChI is InChI=1S/C20H19FN4O3/c1-27-16-5-7-17(8-6-16)28-10-9-22-19-12-18(23-13-24-19)20(26)25-15-4-2-3-14(21)11-15/h2-8,11-13H,9-10H2,1H3,(H,25,26)(H,22,23,24). The fraction of sp³-hybridized carbons (Fsp3) is 0.150. The summed E-state index contributed by atoms with van der Waals surface area (Å²) in [6.07, 6.45) is 1.28. The molecule has 2 N–H and O–H groups in total. The van der Waals surface area contributed by atoms with Crippen LogP contribution in [0.2, 0.25) is 0 Å². The zero-order chi connectivity index (χ0) is 19.8. The largest absolute Gasteiger partial charge is 0.497 e. The van der Waals surface area contributed by atoms with Gasteiger partial charge in [-0.05, 0) is 42.5 Å². The van der Waals surface area contributed by atoms with Crippen LogP contribution in [0, 0.1) is 5.82 Å². The molecule has 144 valence electrons. The molecule has 0 atom stereocenters. The normalized spacial score (nSPS) is 10.2. The molecule has 1 heterocycles. The molecular formula is C20H19FN4O3. The molecule has 0 spiro atoms. The van der Waals surface area contributed by atoms with Crippen molar-refractivity contribution in [3.05, 3.63) is 72.4 Å². The van der Waals surface area contributed by atoms with E-state index >= 15 is 0 Å². The number of ether oxygens (including phenoxy) is 2. The van der Waals surface area contributed by atoms with E-state index in [1.54, 1.807) is 13.2 Å². The Balaban J connectivity index is 1.50. The van der Waals surface area contributed by atoms with E-state index < -0.39 is 11.7 Å². The summed E-state index contributed by atoms with van der Waals surface area (Å²) in [7, 11) is 1.61. The molecule has 0 aliphatic carbocycles. The van der Waals surface area contributed by atoms with Crippen LogP contribution in [-0.2, 0) is 0 Å². The second kappa shape index (κ2) is 9.31. The molecule has 1 aromatic heterocycles. The van der Waals surface area contributed by atoms with Crippen molar-refractivity contribution in [2.24, 2.45) is 0 Å². The number of carbonyl (C=O) groups is 1. The number of halogens is 1. The zero-order valence-electron chi connectivity index (χ0n) is 15.2. The minimum absolute atomic E-state index is 0.165. The van der Waals surface area contributed by atoms with Crippen LogP contribution in [0.5, 0.6) is 11.5 Å². The van der Waals surface area contributed by atoms with Gasteiger partial charge in [0.25, 0.3) is 5.91 Å². The van der Waals surface area contributed by atoms with Crippen LogP contribution in [0.3, 0.4) is 0 Å². The molecule has 0 fully saturated rings. The predicted molar refractivity (Wildman–Crippen MR) is 103 cm³/mol. The van der Waals surface area contributed by atoms with Crippen LogP contribution in [0.25, 0.3) is 0 Å². The molecule has 8 heteroatoms. The van der Waals surface area contributed by atoms with Gasteiger partial charge in [-0.15, -0.1) is 0 Å². The Labute approximate surface area is 161 Å². The van der Waals surface area contributed by atoms with E-state index in [1.807, 2.05) is 24.3 Å². The van der Waals surface area contributed by atoms with Gasteiger partial charge in [0.15, 0.2) is 0 Å². The number of nitrogens with zero attached hydrogens (tertiary/aromatic N) is 2. The van der Waals surface area contributed by atoms with E-state index in [0.29, 0.717) is 24.7 Å². The van der Waals surface area contributed by atoms with Crippen LogP contribution < -0.4 is 20.1 Å². The number of aromatic nitrogens is 2. The maximum absolute atomic E-state index is 13.2. The molecule has 0 aliphatic rings. The first kappa shape index (κ1) is 19.1. The highest BCUT2D eigenvalue weighted by atomic mass is 19.1. The van der Waals surface area contributed by atoms with Crippen molar-refractivity contribution < 1.29 is 18.7 Å². The summed E-state index contributed by atoms with van der Waals surface area (Å²) in [5.41, 5.74) is 0.517. The molecule has 0 aliphatic heterocycles. The average Bonchev–Trinajstić information content (AvgIpc) is 2.72. The van der Waals surface area contributed by atoms with Gasteiger partial charge >= 0.3 is 0 Å². The predicted octanol–water partition coefficient (Wildman–Crippen LogP) is 3.37. The topological polar surface area (TPSA) is 85.4 Å². The zero-order valence-corrected chi connectivity index (χ0v) is 15.2. The fourth-order valence-corrected chi connectivity index (χ4v) is 2.36. The van der Waals surface area contributed by atoms with E-state index in [0.717, 1.165) is 11.5 Å². The van der Waals surface area contributed by atoms with Gasteiger partial charge in [0.1, 0.15) is 41.8 Å². The first-order valence-corrected chi connectivity index (χ1v) is 8.54. The van der Waals surface area contributed by atoms with Crippen molar-refractivity contribution >= 4 is 17.4 Å². The molecule has 1 amide bonds. The quantitative estimate of drug-likeness (QED) is 0.581. The van der Waals surface area contributed by atoms with Crippen molar-refractivity contribution in [1.82, 2.24) is 9.97 Å². The molecule has 0 unspecified atom stereocenters. The highest BCUT2D eigenvalue weighted by Gasteiger charge is 2.09. The molecule has 2 aromatic carbocycles. The lowest BCUT2D eigenvalue weighted by Crippen LogP contribution is -2.16. The van der Waals surface area contributed by atoms with E-state index in [1.165, 1.54) is 30.6 Å². The van der Waals surface area contributed by atoms with Gasteiger partial charge in [0.2, 0.25) is 0 Å². The molecule has 0 radical (unpaired) electrons. The number of amides is 1. The van der Waals surface area contributed by atoms with Crippen LogP contribution in [-0.4, -0.2) is 36.1 Å². The van der Waals surface area contributed by atoms with Crippen molar-refractivity contribution in [1.29, 1.82) is 0 Å². The number of anilines is 2. The number of carbonyl (C=O) groups excluding carboxylic acids is 1. The number of rotatable bonds is 8. The van der Waals surface area contributed by atoms with E-state index in [9.17, 15) is 9.18 Å². The third-order valence-corrected chi connectivity index (χ3v) is 3.72. The molecule has 28 heavy (non-hydrogen) atoms. The summed E-state index contributed by atoms with van der Waals surface area (Å²) in [6.45, 7) is 0.884. The van der Waals surface area contributed by atoms with Crippen molar-refractivity contribution in [2.75, 3.05) is 30.9 Å². The van der Waals surface area contributed by atoms with Crippen LogP contribution in [0.1, 0.15) is 10.5 Å². The van der Waals surface area contributed by atoms with Crippen molar-refractivity contribution in [3.63, 3.8) is 0 Å². The summed E-state index contributed by atoms with van der Waals surface area (Å²) >= 11 is 0. The van der Waals surface area contributed by atoms with Crippen LogP contribution >= 0.6 is 0 Å². The van der Waals surface area contributed by atoms with Crippen LogP contribution in [0.4, 0.5) is 15.9 Å². The number of methoxy groups -OCH3 is 1. The molecule has 0 saturated heterocycles. The number of nitrogens with one attached hydrogen (secondary N) is 2. The minimum Gasteiger partial charge on any atom is -0.497 e. The Kier molecular flexibility index (Phi) is 6.35. The molecular weight excluding hydrogens is 363 g/mol. The number of benzene rings is 2. The molecule has 7 nitrogen and oxygen atoms in total. The second-order valence-corrected chi connectivity index (χ2v) is 5.70. The maximum Gasteiger partial charge on any atom is 0.274 e. The Morgan fingerprint density at radius 1 is 1.07 bits per heavy atom. The van der Waals surface area contributed by atoms with Gasteiger partial charge in [-0.1, -0.05) is 6.07 Å². The molecule has 3 aromatic rings.